The molecule has 0 bridgehead atoms. The van der Waals surface area contributed by atoms with Crippen LogP contribution in [0.15, 0.2) is 36.4 Å². The second-order valence-corrected chi connectivity index (χ2v) is 11.2. The van der Waals surface area contributed by atoms with Crippen LogP contribution >= 0.6 is 0 Å². The Morgan fingerprint density at radius 1 is 0.861 bits per heavy atom. The van der Waals surface area contributed by atoms with E-state index in [1.54, 1.807) is 0 Å². The van der Waals surface area contributed by atoms with Gasteiger partial charge in [0.05, 0.1) is 12.1 Å². The van der Waals surface area contributed by atoms with Gasteiger partial charge in [-0.1, -0.05) is 90.1 Å². The molecule has 0 aromatic heterocycles. The molecule has 2 aromatic rings. The van der Waals surface area contributed by atoms with Gasteiger partial charge in [-0.2, -0.15) is 0 Å². The first kappa shape index (κ1) is 27.1. The fraction of sp³-hybridized carbons (Fsp3) is 0.606. The minimum atomic E-state index is -0.403. The first-order valence-electron chi connectivity index (χ1n) is 14.7. The molecule has 1 aliphatic heterocycles. The Balaban J connectivity index is 1.85. The molecule has 1 saturated heterocycles. The number of unbranched alkanes of at least 4 members (excludes halogenated alkanes) is 2. The van der Waals surface area contributed by atoms with Gasteiger partial charge in [-0.05, 0) is 85.5 Å². The molecule has 0 spiro atoms. The van der Waals surface area contributed by atoms with Crippen molar-refractivity contribution < 1.29 is 9.90 Å². The molecule has 0 saturated carbocycles. The lowest BCUT2D eigenvalue weighted by atomic mass is 9.70. The summed E-state index contributed by atoms with van der Waals surface area (Å²) in [5, 5.41) is 9.94. The van der Waals surface area contributed by atoms with Gasteiger partial charge in [0, 0.05) is 11.0 Å². The van der Waals surface area contributed by atoms with Gasteiger partial charge in [0.1, 0.15) is 0 Å². The van der Waals surface area contributed by atoms with Crippen LogP contribution in [-0.2, 0) is 12.0 Å². The average molecular weight is 490 g/mol. The Morgan fingerprint density at radius 2 is 1.44 bits per heavy atom. The minimum absolute atomic E-state index is 0.0658. The fourth-order valence-electron chi connectivity index (χ4n) is 7.16. The summed E-state index contributed by atoms with van der Waals surface area (Å²) in [6.07, 6.45) is 12.2. The molecule has 3 heteroatoms. The van der Waals surface area contributed by atoms with E-state index in [4.69, 9.17) is 0 Å². The monoisotopic (exact) mass is 489 g/mol. The third kappa shape index (κ3) is 4.58. The van der Waals surface area contributed by atoms with E-state index in [1.165, 1.54) is 41.5 Å². The molecule has 0 unspecified atom stereocenters. The van der Waals surface area contributed by atoms with Gasteiger partial charge in [0.15, 0.2) is 5.78 Å². The van der Waals surface area contributed by atoms with Crippen LogP contribution in [0.5, 0.6) is 0 Å². The summed E-state index contributed by atoms with van der Waals surface area (Å²) in [6.45, 7) is 11.1. The zero-order valence-corrected chi connectivity index (χ0v) is 23.2. The Hall–Kier alpha value is -1.97. The number of ketones is 1. The number of aliphatic hydroxyl groups excluding tert-OH is 1. The summed E-state index contributed by atoms with van der Waals surface area (Å²) >= 11 is 0. The fourth-order valence-corrected chi connectivity index (χ4v) is 7.16. The number of Topliss-reactive ketones (excluding diaryl/α,β-unsaturated/α-hetero) is 1. The van der Waals surface area contributed by atoms with Crippen molar-refractivity contribution in [2.45, 2.75) is 116 Å². The van der Waals surface area contributed by atoms with Crippen molar-refractivity contribution in [3.05, 3.63) is 58.7 Å². The summed E-state index contributed by atoms with van der Waals surface area (Å²) in [6, 6.07) is 13.1. The molecule has 0 atom stereocenters. The molecule has 1 fully saturated rings. The van der Waals surface area contributed by atoms with E-state index < -0.39 is 5.54 Å². The first-order chi connectivity index (χ1) is 17.5. The Bertz CT molecular complexity index is 1040. The molecule has 1 aliphatic carbocycles. The lowest BCUT2D eigenvalue weighted by molar-refractivity contribution is 0.0420. The van der Waals surface area contributed by atoms with Crippen LogP contribution in [0.25, 0.3) is 11.1 Å². The molecule has 2 aliphatic rings. The summed E-state index contributed by atoms with van der Waals surface area (Å²) in [5.74, 6) is 0.309. The summed E-state index contributed by atoms with van der Waals surface area (Å²) in [5.41, 5.74) is 6.68. The highest BCUT2D eigenvalue weighted by atomic mass is 16.3. The predicted octanol–water partition coefficient (Wildman–Crippen LogP) is 8.05. The van der Waals surface area contributed by atoms with E-state index >= 15 is 0 Å². The van der Waals surface area contributed by atoms with Crippen molar-refractivity contribution in [1.82, 2.24) is 4.90 Å². The van der Waals surface area contributed by atoms with Crippen LogP contribution in [0.4, 0.5) is 0 Å². The van der Waals surface area contributed by atoms with Crippen LogP contribution < -0.4 is 0 Å². The quantitative estimate of drug-likeness (QED) is 0.307. The number of piperidine rings is 1. The van der Waals surface area contributed by atoms with E-state index in [1.807, 2.05) is 0 Å². The number of nitrogens with zero attached hydrogens (tertiary/aromatic N) is 1. The number of hydrogen-bond acceptors (Lipinski definition) is 3. The zero-order chi connectivity index (χ0) is 25.8. The van der Waals surface area contributed by atoms with Crippen molar-refractivity contribution in [3.63, 3.8) is 0 Å². The molecular formula is C33H47NO2. The van der Waals surface area contributed by atoms with Gasteiger partial charge >= 0.3 is 0 Å². The average Bonchev–Trinajstić information content (AvgIpc) is 3.20. The van der Waals surface area contributed by atoms with Crippen LogP contribution in [0.1, 0.15) is 125 Å². The molecule has 196 valence electrons. The smallest absolute Gasteiger partial charge is 0.183 e. The van der Waals surface area contributed by atoms with E-state index in [9.17, 15) is 9.90 Å². The number of fused-ring (bicyclic) bond motifs is 3. The first-order valence-corrected chi connectivity index (χ1v) is 14.7. The standard InChI is InChI=1S/C33H47NO2/c1-5-9-18-32(19-10-6-2)29-22-25(24-35)14-16-27(29)28-17-15-26(23-30(28)32)31(36)33(7-3,8-4)34-20-12-11-13-21-34/h14-17,22-23,35H,5-13,18-21,24H2,1-4H3. The number of aliphatic hydroxyl groups is 1. The van der Waals surface area contributed by atoms with Crippen molar-refractivity contribution in [2.24, 2.45) is 0 Å². The van der Waals surface area contributed by atoms with Crippen LogP contribution in [-0.4, -0.2) is 34.4 Å². The molecule has 3 nitrogen and oxygen atoms in total. The predicted molar refractivity (Wildman–Crippen MR) is 151 cm³/mol. The maximum absolute atomic E-state index is 14.4. The number of hydrogen-bond donors (Lipinski definition) is 1. The van der Waals surface area contributed by atoms with Gasteiger partial charge < -0.3 is 5.11 Å². The lowest BCUT2D eigenvalue weighted by Gasteiger charge is -2.44. The molecule has 4 rings (SSSR count). The SMILES string of the molecule is CCCCC1(CCCC)c2cc(CO)ccc2-c2ccc(C(=O)C(CC)(CC)N3CCCCC3)cc21. The lowest BCUT2D eigenvalue weighted by Crippen LogP contribution is -2.55. The van der Waals surface area contributed by atoms with Gasteiger partial charge in [0.25, 0.3) is 0 Å². The van der Waals surface area contributed by atoms with Crippen LogP contribution in [0.3, 0.4) is 0 Å². The third-order valence-electron chi connectivity index (χ3n) is 9.34. The van der Waals surface area contributed by atoms with Crippen molar-refractivity contribution in [3.8, 4) is 11.1 Å². The highest BCUT2D eigenvalue weighted by Gasteiger charge is 2.45. The largest absolute Gasteiger partial charge is 0.392 e. The Labute approximate surface area is 219 Å². The Morgan fingerprint density at radius 3 is 2.00 bits per heavy atom. The maximum atomic E-state index is 14.4. The van der Waals surface area contributed by atoms with Gasteiger partial charge in [0.2, 0.25) is 0 Å². The third-order valence-corrected chi connectivity index (χ3v) is 9.34. The zero-order valence-electron chi connectivity index (χ0n) is 23.2. The van der Waals surface area contributed by atoms with E-state index in [-0.39, 0.29) is 12.0 Å². The highest BCUT2D eigenvalue weighted by Crippen LogP contribution is 2.54. The van der Waals surface area contributed by atoms with E-state index in [0.29, 0.717) is 5.78 Å². The summed E-state index contributed by atoms with van der Waals surface area (Å²) in [7, 11) is 0. The van der Waals surface area contributed by atoms with Crippen molar-refractivity contribution >= 4 is 5.78 Å². The number of carbonyl (C=O) groups excluding carboxylic acids is 1. The number of carbonyl (C=O) groups is 1. The molecule has 2 aromatic carbocycles. The topological polar surface area (TPSA) is 40.5 Å². The van der Waals surface area contributed by atoms with Crippen molar-refractivity contribution in [2.75, 3.05) is 13.1 Å². The molecule has 0 amide bonds. The highest BCUT2D eigenvalue weighted by molar-refractivity contribution is 6.04. The van der Waals surface area contributed by atoms with Gasteiger partial charge in [-0.15, -0.1) is 0 Å². The number of benzene rings is 2. The van der Waals surface area contributed by atoms with Gasteiger partial charge in [-0.25, -0.2) is 0 Å². The van der Waals surface area contributed by atoms with E-state index in [0.717, 1.165) is 75.6 Å². The Kier molecular flexibility index (Phi) is 8.73. The molecule has 0 radical (unpaired) electrons. The van der Waals surface area contributed by atoms with Crippen molar-refractivity contribution in [1.29, 1.82) is 0 Å². The van der Waals surface area contributed by atoms with Crippen LogP contribution in [0, 0.1) is 0 Å². The molecule has 1 heterocycles. The number of rotatable bonds is 12. The van der Waals surface area contributed by atoms with Gasteiger partial charge in [-0.3, -0.25) is 9.69 Å². The second kappa shape index (κ2) is 11.6. The summed E-state index contributed by atoms with van der Waals surface area (Å²) in [4.78, 5) is 16.9. The maximum Gasteiger partial charge on any atom is 0.183 e. The van der Waals surface area contributed by atoms with E-state index in [2.05, 4.69) is 69.0 Å². The normalized spacial score (nSPS) is 17.1. The molecule has 36 heavy (non-hydrogen) atoms. The number of likely N-dealkylation sites (tertiary alicyclic amines) is 1. The molecular weight excluding hydrogens is 442 g/mol. The molecule has 1 N–H and O–H groups in total. The summed E-state index contributed by atoms with van der Waals surface area (Å²) < 4.78 is 0. The van der Waals surface area contributed by atoms with Crippen LogP contribution in [0.2, 0.25) is 0 Å². The second-order valence-electron chi connectivity index (χ2n) is 11.2. The minimum Gasteiger partial charge on any atom is -0.392 e.